The van der Waals surface area contributed by atoms with E-state index in [-0.39, 0.29) is 5.69 Å². The highest BCUT2D eigenvalue weighted by atomic mass is 16.5. The Morgan fingerprint density at radius 2 is 2.32 bits per heavy atom. The number of methoxy groups -OCH3 is 1. The van der Waals surface area contributed by atoms with Gasteiger partial charge < -0.3 is 10.1 Å². The molecule has 0 atom stereocenters. The molecule has 0 aliphatic heterocycles. The summed E-state index contributed by atoms with van der Waals surface area (Å²) in [5, 5.41) is 14.9. The van der Waals surface area contributed by atoms with Gasteiger partial charge in [0.1, 0.15) is 5.82 Å². The number of esters is 1. The van der Waals surface area contributed by atoms with Gasteiger partial charge in [-0.15, -0.1) is 10.2 Å². The van der Waals surface area contributed by atoms with Crippen LogP contribution in [0.3, 0.4) is 0 Å². The zero-order valence-electron chi connectivity index (χ0n) is 10.6. The Hall–Kier alpha value is -2.44. The van der Waals surface area contributed by atoms with E-state index in [1.54, 1.807) is 18.3 Å². The molecule has 0 aliphatic carbocycles. The highest BCUT2D eigenvalue weighted by Gasteiger charge is 2.06. The maximum absolute atomic E-state index is 11.2. The van der Waals surface area contributed by atoms with Gasteiger partial charge in [-0.1, -0.05) is 0 Å². The Bertz CT molecular complexity index is 509. The third-order valence-corrected chi connectivity index (χ3v) is 2.49. The van der Waals surface area contributed by atoms with E-state index in [1.807, 2.05) is 16.9 Å². The molecule has 100 valence electrons. The first-order chi connectivity index (χ1) is 9.29. The summed E-state index contributed by atoms with van der Waals surface area (Å²) in [6.45, 7) is 1.60. The second-order valence-corrected chi connectivity index (χ2v) is 3.84. The summed E-state index contributed by atoms with van der Waals surface area (Å²) in [5.41, 5.74) is 0.199. The number of carbonyl (C=O) groups excluding carboxylic acids is 1. The number of aromatic nitrogens is 4. The molecule has 0 aromatic carbocycles. The van der Waals surface area contributed by atoms with Crippen LogP contribution in [0.4, 0.5) is 5.82 Å². The Balaban J connectivity index is 1.75. The average Bonchev–Trinajstić information content (AvgIpc) is 2.96. The lowest BCUT2D eigenvalue weighted by Gasteiger charge is -2.05. The van der Waals surface area contributed by atoms with Crippen molar-refractivity contribution in [1.29, 1.82) is 0 Å². The number of rotatable bonds is 6. The van der Waals surface area contributed by atoms with Crippen LogP contribution in [0, 0.1) is 0 Å². The van der Waals surface area contributed by atoms with Crippen LogP contribution < -0.4 is 5.32 Å². The largest absolute Gasteiger partial charge is 0.464 e. The molecule has 1 N–H and O–H groups in total. The van der Waals surface area contributed by atoms with Crippen LogP contribution in [-0.4, -0.2) is 39.6 Å². The van der Waals surface area contributed by atoms with E-state index >= 15 is 0 Å². The lowest BCUT2D eigenvalue weighted by Crippen LogP contribution is -2.10. The molecule has 2 rings (SSSR count). The SMILES string of the molecule is COC(=O)c1ccc(NCCCn2cccn2)nn1. The van der Waals surface area contributed by atoms with E-state index < -0.39 is 5.97 Å². The van der Waals surface area contributed by atoms with Crippen molar-refractivity contribution < 1.29 is 9.53 Å². The molecule has 0 unspecified atom stereocenters. The van der Waals surface area contributed by atoms with E-state index in [1.165, 1.54) is 7.11 Å². The zero-order valence-corrected chi connectivity index (χ0v) is 10.6. The van der Waals surface area contributed by atoms with Gasteiger partial charge in [0.2, 0.25) is 0 Å². The second kappa shape index (κ2) is 6.48. The Morgan fingerprint density at radius 1 is 1.42 bits per heavy atom. The Labute approximate surface area is 110 Å². The van der Waals surface area contributed by atoms with Gasteiger partial charge in [-0.05, 0) is 24.6 Å². The molecular weight excluding hydrogens is 246 g/mol. The van der Waals surface area contributed by atoms with Gasteiger partial charge in [-0.25, -0.2) is 4.79 Å². The van der Waals surface area contributed by atoms with Crippen LogP contribution in [0.5, 0.6) is 0 Å². The second-order valence-electron chi connectivity index (χ2n) is 3.84. The van der Waals surface area contributed by atoms with Crippen LogP contribution in [0.15, 0.2) is 30.6 Å². The van der Waals surface area contributed by atoms with Gasteiger partial charge in [-0.2, -0.15) is 5.10 Å². The molecule has 19 heavy (non-hydrogen) atoms. The van der Waals surface area contributed by atoms with E-state index in [4.69, 9.17) is 0 Å². The lowest BCUT2D eigenvalue weighted by molar-refractivity contribution is 0.0593. The number of hydrogen-bond acceptors (Lipinski definition) is 6. The first-order valence-corrected chi connectivity index (χ1v) is 5.93. The first kappa shape index (κ1) is 13.0. The van der Waals surface area contributed by atoms with E-state index in [9.17, 15) is 4.79 Å². The van der Waals surface area contributed by atoms with Crippen LogP contribution in [0.25, 0.3) is 0 Å². The highest BCUT2D eigenvalue weighted by Crippen LogP contribution is 2.03. The number of nitrogens with zero attached hydrogens (tertiary/aromatic N) is 4. The van der Waals surface area contributed by atoms with Crippen molar-refractivity contribution in [1.82, 2.24) is 20.0 Å². The monoisotopic (exact) mass is 261 g/mol. The summed E-state index contributed by atoms with van der Waals surface area (Å²) in [4.78, 5) is 11.2. The summed E-state index contributed by atoms with van der Waals surface area (Å²) in [6.07, 6.45) is 4.59. The number of aryl methyl sites for hydroxylation is 1. The third kappa shape index (κ3) is 3.77. The Kier molecular flexibility index (Phi) is 4.44. The minimum absolute atomic E-state index is 0.199. The minimum Gasteiger partial charge on any atom is -0.464 e. The fraction of sp³-hybridized carbons (Fsp3) is 0.333. The number of nitrogens with one attached hydrogen (secondary N) is 1. The number of anilines is 1. The molecule has 0 saturated heterocycles. The molecule has 2 aromatic heterocycles. The molecule has 2 aromatic rings. The van der Waals surface area contributed by atoms with E-state index in [2.05, 4.69) is 25.3 Å². The normalized spacial score (nSPS) is 10.2. The van der Waals surface area contributed by atoms with Gasteiger partial charge >= 0.3 is 5.97 Å². The zero-order chi connectivity index (χ0) is 13.5. The maximum atomic E-state index is 11.2. The minimum atomic E-state index is -0.488. The van der Waals surface area contributed by atoms with E-state index in [0.717, 1.165) is 19.5 Å². The smallest absolute Gasteiger partial charge is 0.358 e. The molecule has 0 fully saturated rings. The molecule has 0 bridgehead atoms. The summed E-state index contributed by atoms with van der Waals surface area (Å²) >= 11 is 0. The molecule has 0 saturated carbocycles. The molecule has 2 heterocycles. The van der Waals surface area contributed by atoms with Gasteiger partial charge in [0.15, 0.2) is 5.69 Å². The van der Waals surface area contributed by atoms with Gasteiger partial charge in [0, 0.05) is 25.5 Å². The summed E-state index contributed by atoms with van der Waals surface area (Å²) in [6, 6.07) is 5.17. The van der Waals surface area contributed by atoms with Crippen molar-refractivity contribution in [3.63, 3.8) is 0 Å². The topological polar surface area (TPSA) is 81.9 Å². The quantitative estimate of drug-likeness (QED) is 0.616. The summed E-state index contributed by atoms with van der Waals surface area (Å²) in [7, 11) is 1.31. The van der Waals surface area contributed by atoms with Crippen LogP contribution in [0.2, 0.25) is 0 Å². The molecular formula is C12H15N5O2. The fourth-order valence-corrected chi connectivity index (χ4v) is 1.53. The molecule has 0 spiro atoms. The predicted octanol–water partition coefficient (Wildman–Crippen LogP) is 0.962. The summed E-state index contributed by atoms with van der Waals surface area (Å²) < 4.78 is 6.41. The predicted molar refractivity (Wildman–Crippen MR) is 68.7 cm³/mol. The van der Waals surface area contributed by atoms with Gasteiger partial charge in [0.05, 0.1) is 7.11 Å². The highest BCUT2D eigenvalue weighted by molar-refractivity contribution is 5.86. The van der Waals surface area contributed by atoms with E-state index in [0.29, 0.717) is 5.82 Å². The molecule has 0 radical (unpaired) electrons. The van der Waals surface area contributed by atoms with Crippen molar-refractivity contribution >= 4 is 11.8 Å². The molecule has 7 nitrogen and oxygen atoms in total. The molecule has 7 heteroatoms. The maximum Gasteiger partial charge on any atom is 0.358 e. The first-order valence-electron chi connectivity index (χ1n) is 5.93. The third-order valence-electron chi connectivity index (χ3n) is 2.49. The molecule has 0 aliphatic rings. The van der Waals surface area contributed by atoms with Gasteiger partial charge in [0.25, 0.3) is 0 Å². The fourth-order valence-electron chi connectivity index (χ4n) is 1.53. The van der Waals surface area contributed by atoms with Crippen LogP contribution in [0.1, 0.15) is 16.9 Å². The lowest BCUT2D eigenvalue weighted by atomic mass is 10.3. The molecule has 0 amide bonds. The number of hydrogen-bond donors (Lipinski definition) is 1. The van der Waals surface area contributed by atoms with Crippen LogP contribution in [-0.2, 0) is 11.3 Å². The Morgan fingerprint density at radius 3 is 2.95 bits per heavy atom. The summed E-state index contributed by atoms with van der Waals surface area (Å²) in [5.74, 6) is 0.144. The average molecular weight is 261 g/mol. The van der Waals surface area contributed by atoms with Crippen molar-refractivity contribution in [2.75, 3.05) is 19.0 Å². The van der Waals surface area contributed by atoms with Crippen molar-refractivity contribution in [2.45, 2.75) is 13.0 Å². The van der Waals surface area contributed by atoms with Crippen LogP contribution >= 0.6 is 0 Å². The number of carbonyl (C=O) groups is 1. The van der Waals surface area contributed by atoms with Crippen molar-refractivity contribution in [2.24, 2.45) is 0 Å². The van der Waals surface area contributed by atoms with Gasteiger partial charge in [-0.3, -0.25) is 4.68 Å². The van der Waals surface area contributed by atoms with Crippen molar-refractivity contribution in [3.8, 4) is 0 Å². The standard InChI is InChI=1S/C12H15N5O2/c1-19-12(18)10-4-5-11(16-15-10)13-6-2-8-17-9-3-7-14-17/h3-5,7,9H,2,6,8H2,1H3,(H,13,16). The number of ether oxygens (including phenoxy) is 1. The van der Waals surface area contributed by atoms with Crippen molar-refractivity contribution in [3.05, 3.63) is 36.3 Å².